The molecule has 0 saturated carbocycles. The Morgan fingerprint density at radius 3 is 2.75 bits per heavy atom. The molecule has 0 saturated heterocycles. The van der Waals surface area contributed by atoms with Crippen LogP contribution in [0.25, 0.3) is 0 Å². The molecule has 64 valence electrons. The number of hydrogen-bond donors (Lipinski definition) is 3. The third-order valence-corrected chi connectivity index (χ3v) is 1.60. The Morgan fingerprint density at radius 2 is 2.25 bits per heavy atom. The summed E-state index contributed by atoms with van der Waals surface area (Å²) in [4.78, 5) is 10.7. The van der Waals surface area contributed by atoms with Gasteiger partial charge in [0.05, 0.1) is 14.0 Å². The molecule has 0 fully saturated rings. The Bertz CT molecular complexity index is 393. The van der Waals surface area contributed by atoms with Gasteiger partial charge in [-0.05, 0) is 12.1 Å². The molecule has 1 aromatic rings. The zero-order valence-corrected chi connectivity index (χ0v) is 7.34. The number of hydrogen-bond acceptors (Lipinski definition) is 3. The average Bonchev–Trinajstić information content (AvgIpc) is 2.11. The number of rotatable bonds is 1. The topological polar surface area (TPSA) is 83.5 Å². The molecule has 0 aliphatic rings. The van der Waals surface area contributed by atoms with Crippen molar-refractivity contribution in [3.63, 3.8) is 0 Å². The van der Waals surface area contributed by atoms with Crippen LogP contribution >= 0.6 is 15.9 Å². The molecular weight excluding hydrogens is 226 g/mol. The molecule has 0 atom stereocenters. The van der Waals surface area contributed by atoms with Gasteiger partial charge in [-0.1, -0.05) is 15.9 Å². The van der Waals surface area contributed by atoms with Crippen molar-refractivity contribution in [3.8, 4) is 5.75 Å². The Kier molecular flexibility index (Phi) is 1.59. The van der Waals surface area contributed by atoms with E-state index in [0.717, 1.165) is 0 Å². The smallest absolute Gasteiger partial charge is 0.337 e. The summed E-state index contributed by atoms with van der Waals surface area (Å²) in [6.07, 6.45) is 0. The maximum absolute atomic E-state index is 10.7. The quantitative estimate of drug-likeness (QED) is 0.507. The zero-order valence-electron chi connectivity index (χ0n) is 7.76. The fraction of sp³-hybridized carbons (Fsp3) is 0. The largest absolute Gasteiger partial charge is 0.506 e. The number of phenolic OH excluding ortho intramolecular Hbond substituents is 1. The van der Waals surface area contributed by atoms with Crippen LogP contribution in [0.2, 0.25) is 0 Å². The van der Waals surface area contributed by atoms with Crippen molar-refractivity contribution in [2.75, 3.05) is 5.73 Å². The van der Waals surface area contributed by atoms with Gasteiger partial charge in [-0.3, -0.25) is 0 Å². The number of benzene rings is 1. The van der Waals surface area contributed by atoms with Crippen LogP contribution in [0.3, 0.4) is 0 Å². The van der Waals surface area contributed by atoms with Crippen LogP contribution in [0, 0.1) is 0 Å². The first-order chi connectivity index (χ1) is 6.37. The van der Waals surface area contributed by atoms with Gasteiger partial charge in [-0.2, -0.15) is 0 Å². The van der Waals surface area contributed by atoms with E-state index in [4.69, 9.17) is 13.6 Å². The highest BCUT2D eigenvalue weighted by atomic mass is 79.9. The first kappa shape index (κ1) is 6.30. The maximum atomic E-state index is 10.7. The number of carbonyl (C=O) groups is 1. The summed E-state index contributed by atoms with van der Waals surface area (Å²) in [6, 6.07) is -0.810. The van der Waals surface area contributed by atoms with Crippen molar-refractivity contribution in [1.29, 1.82) is 0 Å². The highest BCUT2D eigenvalue weighted by Crippen LogP contribution is 2.28. The first-order valence-corrected chi connectivity index (χ1v) is 3.67. The van der Waals surface area contributed by atoms with E-state index in [2.05, 4.69) is 15.9 Å². The fourth-order valence-corrected chi connectivity index (χ4v) is 1.05. The molecule has 0 aromatic heterocycles. The van der Waals surface area contributed by atoms with Gasteiger partial charge in [-0.25, -0.2) is 4.79 Å². The summed E-state index contributed by atoms with van der Waals surface area (Å²) in [5, 5.41) is 17.9. The van der Waals surface area contributed by atoms with Gasteiger partial charge < -0.3 is 15.9 Å². The van der Waals surface area contributed by atoms with Crippen LogP contribution in [-0.4, -0.2) is 16.2 Å². The molecule has 4 nitrogen and oxygen atoms in total. The van der Waals surface area contributed by atoms with E-state index in [1.807, 2.05) is 0 Å². The van der Waals surface area contributed by atoms with Gasteiger partial charge in [0.15, 0.2) is 0 Å². The van der Waals surface area contributed by atoms with Gasteiger partial charge >= 0.3 is 5.97 Å². The van der Waals surface area contributed by atoms with Crippen LogP contribution in [0.4, 0.5) is 5.69 Å². The predicted molar refractivity (Wildman–Crippen MR) is 47.2 cm³/mol. The number of aromatic hydroxyl groups is 1. The minimum atomic E-state index is -1.41. The minimum absolute atomic E-state index is 0.0957. The molecule has 12 heavy (non-hydrogen) atoms. The Balaban J connectivity index is 3.68. The number of nitrogens with two attached hydrogens (primary N) is 1. The summed E-state index contributed by atoms with van der Waals surface area (Å²) in [7, 11) is 0. The first-order valence-electron chi connectivity index (χ1n) is 3.88. The average molecular weight is 234 g/mol. The van der Waals surface area contributed by atoms with Crippen molar-refractivity contribution >= 4 is 27.6 Å². The molecule has 0 unspecified atom stereocenters. The van der Waals surface area contributed by atoms with Crippen molar-refractivity contribution in [2.45, 2.75) is 0 Å². The summed E-state index contributed by atoms with van der Waals surface area (Å²) in [6.45, 7) is 0. The number of carboxylic acid groups (broad SMARTS) is 1. The van der Waals surface area contributed by atoms with Crippen LogP contribution in [0.1, 0.15) is 13.1 Å². The second kappa shape index (κ2) is 3.02. The summed E-state index contributed by atoms with van der Waals surface area (Å²) in [5.41, 5.74) is 4.29. The number of halogens is 1. The normalized spacial score (nSPS) is 12.1. The van der Waals surface area contributed by atoms with Crippen LogP contribution in [0.5, 0.6) is 5.75 Å². The standard InChI is InChI=1S/C7H6BrNO3/c8-3-1-4(7(11)12)6(9)5(10)2-3/h1-2,10H,9H2,(H,11,12)/i1D,2D. The monoisotopic (exact) mass is 233 g/mol. The SMILES string of the molecule is [2H]c1c(O)c(N)c(C(=O)O)c([2H])c1Br. The minimum Gasteiger partial charge on any atom is -0.506 e. The van der Waals surface area contributed by atoms with E-state index in [1.165, 1.54) is 0 Å². The highest BCUT2D eigenvalue weighted by Gasteiger charge is 2.11. The van der Waals surface area contributed by atoms with E-state index in [1.54, 1.807) is 0 Å². The van der Waals surface area contributed by atoms with Gasteiger partial charge in [0.25, 0.3) is 0 Å². The summed E-state index contributed by atoms with van der Waals surface area (Å²) in [5.74, 6) is -2.05. The Labute approximate surface area is 79.6 Å². The molecule has 0 bridgehead atoms. The number of carboxylic acids is 1. The molecule has 0 heterocycles. The molecule has 0 amide bonds. The third kappa shape index (κ3) is 1.50. The van der Waals surface area contributed by atoms with E-state index in [0.29, 0.717) is 0 Å². The summed E-state index contributed by atoms with van der Waals surface area (Å²) < 4.78 is 14.5. The van der Waals surface area contributed by atoms with E-state index >= 15 is 0 Å². The molecular formula is C7H6BrNO3. The molecule has 4 N–H and O–H groups in total. The molecule has 5 heteroatoms. The molecule has 1 rings (SSSR count). The number of nitrogen functional groups attached to an aromatic ring is 1. The van der Waals surface area contributed by atoms with Gasteiger partial charge in [0.1, 0.15) is 5.75 Å². The van der Waals surface area contributed by atoms with E-state index in [9.17, 15) is 9.90 Å². The summed E-state index contributed by atoms with van der Waals surface area (Å²) >= 11 is 2.83. The predicted octanol–water partition coefficient (Wildman–Crippen LogP) is 1.44. The van der Waals surface area contributed by atoms with Gasteiger partial charge in [0, 0.05) is 4.47 Å². The lowest BCUT2D eigenvalue weighted by Crippen LogP contribution is -2.02. The van der Waals surface area contributed by atoms with Gasteiger partial charge in [0.2, 0.25) is 0 Å². The molecule has 0 aliphatic heterocycles. The van der Waals surface area contributed by atoms with E-state index < -0.39 is 35.1 Å². The highest BCUT2D eigenvalue weighted by molar-refractivity contribution is 9.10. The lowest BCUT2D eigenvalue weighted by molar-refractivity contribution is 0.0697. The van der Waals surface area contributed by atoms with Crippen molar-refractivity contribution in [3.05, 3.63) is 22.1 Å². The Hall–Kier alpha value is -1.23. The van der Waals surface area contributed by atoms with Crippen LogP contribution < -0.4 is 5.73 Å². The lowest BCUT2D eigenvalue weighted by atomic mass is 10.2. The van der Waals surface area contributed by atoms with Crippen LogP contribution in [-0.2, 0) is 0 Å². The van der Waals surface area contributed by atoms with Crippen molar-refractivity contribution in [2.24, 2.45) is 0 Å². The van der Waals surface area contributed by atoms with Crippen molar-refractivity contribution < 1.29 is 17.7 Å². The van der Waals surface area contributed by atoms with Crippen LogP contribution in [0.15, 0.2) is 16.6 Å². The fourth-order valence-electron chi connectivity index (χ4n) is 0.667. The van der Waals surface area contributed by atoms with Gasteiger partial charge in [-0.15, -0.1) is 0 Å². The molecule has 0 radical (unpaired) electrons. The number of aromatic carboxylic acids is 1. The number of phenols is 1. The molecule has 0 spiro atoms. The third-order valence-electron chi connectivity index (χ3n) is 1.20. The Morgan fingerprint density at radius 1 is 1.67 bits per heavy atom. The maximum Gasteiger partial charge on any atom is 0.337 e. The van der Waals surface area contributed by atoms with E-state index in [-0.39, 0.29) is 4.47 Å². The van der Waals surface area contributed by atoms with Crippen molar-refractivity contribution in [1.82, 2.24) is 0 Å². The zero-order chi connectivity index (χ0) is 11.0. The molecule has 0 aliphatic carbocycles. The molecule has 1 aromatic carbocycles. The second-order valence-corrected chi connectivity index (χ2v) is 2.80. The lowest BCUT2D eigenvalue weighted by Gasteiger charge is -2.03. The number of anilines is 1. The second-order valence-electron chi connectivity index (χ2n) is 2.01.